The quantitative estimate of drug-likeness (QED) is 0.0243. The topological polar surface area (TPSA) is 443 Å². The van der Waals surface area contributed by atoms with Crippen LogP contribution in [0.1, 0.15) is 136 Å². The highest BCUT2D eigenvalue weighted by Gasteiger charge is 2.28. The number of imidazole rings is 4. The molecule has 0 saturated carbocycles. The summed E-state index contributed by atoms with van der Waals surface area (Å²) in [5.41, 5.74) is 5.96. The molecule has 0 bridgehead atoms. The van der Waals surface area contributed by atoms with Crippen LogP contribution in [0.5, 0.6) is 0 Å². The van der Waals surface area contributed by atoms with Gasteiger partial charge in [0.2, 0.25) is 41.2 Å². The summed E-state index contributed by atoms with van der Waals surface area (Å²) >= 11 is 0. The minimum absolute atomic E-state index is 0.00000807. The lowest BCUT2D eigenvalue weighted by molar-refractivity contribution is -0.122. The van der Waals surface area contributed by atoms with Crippen molar-refractivity contribution in [1.29, 1.82) is 0 Å². The molecule has 8 aromatic heterocycles. The largest absolute Gasteiger partial charge is 0.379 e. The van der Waals surface area contributed by atoms with Crippen molar-refractivity contribution in [2.45, 2.75) is 83.6 Å². The number of fused-ring (bicyclic) bond motifs is 1. The number of hydrogen-bond donors (Lipinski definition) is 9. The lowest BCUT2D eigenvalue weighted by atomic mass is 9.93. The van der Waals surface area contributed by atoms with Crippen LogP contribution in [0.4, 0.5) is 28.8 Å². The third-order valence-electron chi connectivity index (χ3n) is 19.9. The van der Waals surface area contributed by atoms with E-state index in [1.165, 1.54) is 49.2 Å². The van der Waals surface area contributed by atoms with Crippen LogP contribution in [0.3, 0.4) is 0 Å². The van der Waals surface area contributed by atoms with Gasteiger partial charge in [0, 0.05) is 168 Å². The second kappa shape index (κ2) is 45.1. The van der Waals surface area contributed by atoms with Crippen LogP contribution in [0, 0.1) is 6.92 Å². The van der Waals surface area contributed by atoms with Gasteiger partial charge in [-0.05, 0) is 96.5 Å². The summed E-state index contributed by atoms with van der Waals surface area (Å²) in [4.78, 5) is 155. The van der Waals surface area contributed by atoms with Crippen molar-refractivity contribution >= 4 is 93.0 Å². The van der Waals surface area contributed by atoms with E-state index in [2.05, 4.69) is 107 Å². The zero-order chi connectivity index (χ0) is 85.6. The number of likely N-dealkylation sites (tertiary alicyclic amines) is 1. The molecule has 9 aromatic rings. The number of piperidine rings is 1. The first kappa shape index (κ1) is 90.2. The van der Waals surface area contributed by atoms with Crippen LogP contribution >= 0.6 is 0 Å². The van der Waals surface area contributed by atoms with E-state index in [1.54, 1.807) is 76.8 Å². The van der Waals surface area contributed by atoms with Crippen LogP contribution < -0.4 is 53.4 Å². The maximum atomic E-state index is 13.3. The molecule has 0 aliphatic carbocycles. The second-order valence-corrected chi connectivity index (χ2v) is 29.3. The summed E-state index contributed by atoms with van der Waals surface area (Å²) in [6.45, 7) is 13.5. The first-order valence-corrected chi connectivity index (χ1v) is 40.1. The molecular formula is C81H110N24O15. The Balaban J connectivity index is 0.481. The molecule has 0 spiro atoms. The Labute approximate surface area is 694 Å². The number of amides is 9. The summed E-state index contributed by atoms with van der Waals surface area (Å²) in [6.07, 6.45) is 14.2. The molecule has 9 N–H and O–H groups in total. The van der Waals surface area contributed by atoms with Crippen molar-refractivity contribution < 1.29 is 66.8 Å². The number of aromatic nitrogens is 13. The Morgan fingerprint density at radius 1 is 0.525 bits per heavy atom. The number of rotatable bonds is 48. The zero-order valence-electron chi connectivity index (χ0n) is 69.5. The predicted octanol–water partition coefficient (Wildman–Crippen LogP) is 4.02. The van der Waals surface area contributed by atoms with Crippen LogP contribution in [0.2, 0.25) is 0 Å². The van der Waals surface area contributed by atoms with Gasteiger partial charge in [-0.25, -0.2) is 24.6 Å². The Morgan fingerprint density at radius 2 is 1.07 bits per heavy atom. The molecule has 1 aromatic carbocycles. The Kier molecular flexibility index (Phi) is 33.9. The summed E-state index contributed by atoms with van der Waals surface area (Å²) in [7, 11) is 11.7. The zero-order valence-corrected chi connectivity index (χ0v) is 69.5. The van der Waals surface area contributed by atoms with Crippen LogP contribution in [-0.4, -0.2) is 257 Å². The average Bonchev–Trinajstić information content (AvgIpc) is 1.60. The van der Waals surface area contributed by atoms with Gasteiger partial charge < -0.3 is 109 Å². The molecule has 1 saturated heterocycles. The van der Waals surface area contributed by atoms with E-state index >= 15 is 0 Å². The maximum Gasteiger partial charge on any atom is 0.291 e. The molecule has 1 aliphatic heterocycles. The van der Waals surface area contributed by atoms with Crippen molar-refractivity contribution in [2.24, 2.45) is 42.3 Å². The fourth-order valence-corrected chi connectivity index (χ4v) is 13.4. The highest BCUT2D eigenvalue weighted by Crippen LogP contribution is 2.34. The summed E-state index contributed by atoms with van der Waals surface area (Å²) in [5, 5.41) is 29.1. The molecule has 39 heteroatoms. The van der Waals surface area contributed by atoms with Gasteiger partial charge in [-0.1, -0.05) is 30.3 Å². The van der Waals surface area contributed by atoms with E-state index in [0.717, 1.165) is 74.3 Å². The Bertz CT molecular complexity index is 5000. The number of carbonyl (C=O) groups is 9. The van der Waals surface area contributed by atoms with Gasteiger partial charge in [0.15, 0.2) is 23.3 Å². The summed E-state index contributed by atoms with van der Waals surface area (Å²) in [5.74, 6) is -2.25. The molecule has 1 atom stereocenters. The number of pyridine rings is 1. The van der Waals surface area contributed by atoms with E-state index in [4.69, 9.17) is 33.7 Å². The molecular weight excluding hydrogens is 1550 g/mol. The molecule has 120 heavy (non-hydrogen) atoms. The van der Waals surface area contributed by atoms with Crippen molar-refractivity contribution in [1.82, 2.24) is 93.2 Å². The van der Waals surface area contributed by atoms with Gasteiger partial charge >= 0.3 is 0 Å². The third kappa shape index (κ3) is 26.9. The van der Waals surface area contributed by atoms with E-state index < -0.39 is 41.4 Å². The first-order chi connectivity index (χ1) is 57.8. The van der Waals surface area contributed by atoms with Crippen molar-refractivity contribution in [3.8, 4) is 11.5 Å². The van der Waals surface area contributed by atoms with Crippen molar-refractivity contribution in [2.75, 3.05) is 159 Å². The first-order valence-electron chi connectivity index (χ1n) is 40.1. The highest BCUT2D eigenvalue weighted by atomic mass is 16.6. The number of carbonyl (C=O) groups excluding carboxylic acids is 9. The molecule has 1 fully saturated rings. The second-order valence-electron chi connectivity index (χ2n) is 29.3. The number of anilines is 5. The van der Waals surface area contributed by atoms with Gasteiger partial charge in [0.1, 0.15) is 22.7 Å². The van der Waals surface area contributed by atoms with Gasteiger partial charge in [0.25, 0.3) is 29.2 Å². The van der Waals surface area contributed by atoms with Gasteiger partial charge in [0.05, 0.1) is 95.2 Å². The Morgan fingerprint density at radius 3 is 1.68 bits per heavy atom. The molecule has 0 unspecified atom stereocenters. The Hall–Kier alpha value is -12.1. The monoisotopic (exact) mass is 1660 g/mol. The van der Waals surface area contributed by atoms with E-state index in [1.807, 2.05) is 37.5 Å². The van der Waals surface area contributed by atoms with Gasteiger partial charge in [-0.15, -0.1) is 0 Å². The SMILES string of the molecule is Cc1cc(-c2nc3cnc(C4CCN(CCOCCOCCOCCOCCOCCC(=O)NCCCN(C)CCCNC(=O)CCNC(=O)c5nc(NC(=O)CCNC(=O)c6cc(NC(=O)c7nc(NC(=O)CCC(=O)Nc8cc(NC(=O)c9nccn9C)cn8C)cn7C)cn6C)cn5C)CC4)cc3n2[C@@H](C)c2ccccc2)nn(C)c1=O. The van der Waals surface area contributed by atoms with Crippen LogP contribution in [0.15, 0.2) is 103 Å². The molecule has 9 amide bonds. The number of aryl methyl sites for hydroxylation is 7. The van der Waals surface area contributed by atoms with Crippen molar-refractivity contribution in [3.63, 3.8) is 0 Å². The van der Waals surface area contributed by atoms with Crippen LogP contribution in [-0.2, 0) is 89.9 Å². The maximum absolute atomic E-state index is 13.3. The smallest absolute Gasteiger partial charge is 0.291 e. The van der Waals surface area contributed by atoms with E-state index in [9.17, 15) is 47.9 Å². The van der Waals surface area contributed by atoms with Crippen LogP contribution in [0.25, 0.3) is 22.6 Å². The minimum atomic E-state index is -0.645. The van der Waals surface area contributed by atoms with Gasteiger partial charge in [-0.3, -0.25) is 52.9 Å². The highest BCUT2D eigenvalue weighted by molar-refractivity contribution is 6.05. The number of benzene rings is 1. The average molecular weight is 1660 g/mol. The molecule has 0 radical (unpaired) electrons. The van der Waals surface area contributed by atoms with Crippen molar-refractivity contribution in [3.05, 3.63) is 148 Å². The predicted molar refractivity (Wildman–Crippen MR) is 446 cm³/mol. The number of hydrogen-bond acceptors (Lipinski definition) is 23. The lowest BCUT2D eigenvalue weighted by Gasteiger charge is -2.31. The minimum Gasteiger partial charge on any atom is -0.379 e. The fourth-order valence-electron chi connectivity index (χ4n) is 13.4. The normalized spacial score (nSPS) is 12.7. The summed E-state index contributed by atoms with van der Waals surface area (Å²) < 4.78 is 39.5. The van der Waals surface area contributed by atoms with E-state index in [0.29, 0.717) is 113 Å². The molecule has 9 heterocycles. The number of ether oxygens (including phenoxy) is 5. The number of nitrogens with zero attached hydrogens (tertiary/aromatic N) is 15. The van der Waals surface area contributed by atoms with Gasteiger partial charge in [-0.2, -0.15) is 5.10 Å². The standard InChI is InChI=1S/C81H110N24O15/c1-54-45-61(96-103(9)81(54)115)73-90-62-49-87-60(48-63(62)105(73)55(2)56-15-11-10-12-16-56)57-21-31-104(32-22-57)34-36-117-38-40-119-42-44-120-43-41-118-39-37-116-35-23-69(107)83-25-14-30-97(3)29-13-24-82-68(106)19-26-86-78(112)75-93-66(52-101(75)7)92-72(110)20-27-85-77(111)64-46-58(50-99(64)5)88-80(114)76-94-65(53-102(76)8)91-70(108)17-18-71(109)95-67-47-59(51-100(67)6)89-79(113)74-84-28-33-98(74)4/h10-12,15-16,28,33,45-53,55,57H,13-14,17-27,29-32,34-44H2,1-9H3,(H,82,106)(H,83,107)(H,85,111)(H,86,112)(H,88,114)(H,89,113)(H,91,108)(H,92,110)(H,95,109)/t55-/m0/s1. The number of nitrogens with one attached hydrogen (secondary N) is 9. The summed E-state index contributed by atoms with van der Waals surface area (Å²) in [6, 6.07) is 17.3. The molecule has 10 rings (SSSR count). The molecule has 39 nitrogen and oxygen atoms in total. The molecule has 1 aliphatic rings. The van der Waals surface area contributed by atoms with E-state index in [-0.39, 0.29) is 116 Å². The fraction of sp³-hybridized carbons (Fsp3) is 0.481. The lowest BCUT2D eigenvalue weighted by Crippen LogP contribution is -2.35. The third-order valence-corrected chi connectivity index (χ3v) is 19.9. The molecule has 644 valence electrons.